The van der Waals surface area contributed by atoms with Gasteiger partial charge in [-0.25, -0.2) is 4.79 Å². The van der Waals surface area contributed by atoms with Crippen LogP contribution in [0.1, 0.15) is 68.7 Å². The topological polar surface area (TPSA) is 65.1 Å². The Morgan fingerprint density at radius 3 is 1.97 bits per heavy atom. The highest BCUT2D eigenvalue weighted by Crippen LogP contribution is 2.37. The number of carbonyl (C=O) groups is 2. The van der Waals surface area contributed by atoms with E-state index in [0.29, 0.717) is 13.2 Å². The van der Waals surface area contributed by atoms with Gasteiger partial charge in [-0.1, -0.05) is 20.8 Å². The quantitative estimate of drug-likeness (QED) is 0.443. The number of amides is 1. The van der Waals surface area contributed by atoms with Crippen LogP contribution in [0.25, 0.3) is 0 Å². The highest BCUT2D eigenvalue weighted by molar-refractivity contribution is 6.74. The van der Waals surface area contributed by atoms with Crippen LogP contribution in [0.15, 0.2) is 0 Å². The van der Waals surface area contributed by atoms with E-state index in [4.69, 9.17) is 13.9 Å². The van der Waals surface area contributed by atoms with Gasteiger partial charge in [0, 0.05) is 19.1 Å². The second-order valence-electron chi connectivity index (χ2n) is 11.8. The number of esters is 1. The van der Waals surface area contributed by atoms with Gasteiger partial charge in [0.15, 0.2) is 8.32 Å². The summed E-state index contributed by atoms with van der Waals surface area (Å²) in [6, 6.07) is -0.191. The van der Waals surface area contributed by atoms with Crippen molar-refractivity contribution in [1.82, 2.24) is 4.90 Å². The molecule has 2 atom stereocenters. The van der Waals surface area contributed by atoms with Crippen molar-refractivity contribution in [3.8, 4) is 0 Å². The molecule has 6 nitrogen and oxygen atoms in total. The van der Waals surface area contributed by atoms with Gasteiger partial charge in [-0.2, -0.15) is 0 Å². The third-order valence-electron chi connectivity index (χ3n) is 5.63. The molecule has 0 spiro atoms. The summed E-state index contributed by atoms with van der Waals surface area (Å²) in [7, 11) is -1.86. The third-order valence-corrected chi connectivity index (χ3v) is 10.1. The predicted molar refractivity (Wildman–Crippen MR) is 118 cm³/mol. The van der Waals surface area contributed by atoms with E-state index in [2.05, 4.69) is 33.9 Å². The van der Waals surface area contributed by atoms with Crippen LogP contribution in [0.4, 0.5) is 4.79 Å². The second kappa shape index (κ2) is 8.96. The van der Waals surface area contributed by atoms with Crippen LogP contribution in [0.5, 0.6) is 0 Å². The SMILES string of the molecule is CC(C)(C)OC(=O)N1CC(CO[Si](C)(C)C(C)(C)C)C[C@H]1COC(=O)C(C)(C)C. The molecule has 1 aliphatic rings. The van der Waals surface area contributed by atoms with E-state index in [1.54, 1.807) is 4.90 Å². The first kappa shape index (κ1) is 26.0. The first-order valence-electron chi connectivity index (χ1n) is 10.6. The molecule has 0 radical (unpaired) electrons. The minimum Gasteiger partial charge on any atom is -0.463 e. The van der Waals surface area contributed by atoms with Gasteiger partial charge in [-0.05, 0) is 66.1 Å². The standard InChI is InChI=1S/C22H43NO5Si/c1-20(2,3)18(24)26-15-17-12-16(14-27-29(10,11)22(7,8)9)13-23(17)19(25)28-21(4,5)6/h16-17H,12-15H2,1-11H3/t16?,17-/m0/s1. The van der Waals surface area contributed by atoms with E-state index in [-0.39, 0.29) is 35.7 Å². The van der Waals surface area contributed by atoms with Crippen LogP contribution in [0.2, 0.25) is 18.1 Å². The summed E-state index contributed by atoms with van der Waals surface area (Å²) in [6.07, 6.45) is 0.384. The van der Waals surface area contributed by atoms with Gasteiger partial charge in [-0.3, -0.25) is 4.79 Å². The van der Waals surface area contributed by atoms with Crippen molar-refractivity contribution in [3.05, 3.63) is 0 Å². The van der Waals surface area contributed by atoms with Crippen molar-refractivity contribution in [2.45, 2.75) is 98.5 Å². The summed E-state index contributed by atoms with van der Waals surface area (Å²) < 4.78 is 17.5. The summed E-state index contributed by atoms with van der Waals surface area (Å²) in [6.45, 7) is 23.5. The molecule has 1 aliphatic heterocycles. The zero-order valence-electron chi connectivity index (χ0n) is 20.5. The molecule has 0 aromatic rings. The number of likely N-dealkylation sites (tertiary alicyclic amines) is 1. The molecular formula is C22H43NO5Si. The number of ether oxygens (including phenoxy) is 2. The highest BCUT2D eigenvalue weighted by Gasteiger charge is 2.42. The molecule has 170 valence electrons. The largest absolute Gasteiger partial charge is 0.463 e. The molecule has 0 aromatic carbocycles. The number of nitrogens with zero attached hydrogens (tertiary/aromatic N) is 1. The van der Waals surface area contributed by atoms with Gasteiger partial charge in [0.05, 0.1) is 11.5 Å². The maximum atomic E-state index is 12.8. The molecular weight excluding hydrogens is 386 g/mol. The number of hydrogen-bond acceptors (Lipinski definition) is 5. The van der Waals surface area contributed by atoms with Crippen molar-refractivity contribution < 1.29 is 23.5 Å². The van der Waals surface area contributed by atoms with Crippen LogP contribution >= 0.6 is 0 Å². The number of hydrogen-bond donors (Lipinski definition) is 0. The summed E-state index contributed by atoms with van der Waals surface area (Å²) in [5.74, 6) is -0.0578. The van der Waals surface area contributed by atoms with Gasteiger partial charge in [-0.15, -0.1) is 0 Å². The molecule has 0 saturated carbocycles. The average molecular weight is 430 g/mol. The van der Waals surface area contributed by atoms with Gasteiger partial charge < -0.3 is 18.8 Å². The summed E-state index contributed by atoms with van der Waals surface area (Å²) in [4.78, 5) is 26.7. The van der Waals surface area contributed by atoms with Gasteiger partial charge in [0.2, 0.25) is 0 Å². The van der Waals surface area contributed by atoms with Crippen LogP contribution in [-0.2, 0) is 18.7 Å². The molecule has 29 heavy (non-hydrogen) atoms. The van der Waals surface area contributed by atoms with Crippen LogP contribution in [0, 0.1) is 11.3 Å². The van der Waals surface area contributed by atoms with Gasteiger partial charge in [0.25, 0.3) is 0 Å². The lowest BCUT2D eigenvalue weighted by molar-refractivity contribution is -0.154. The molecule has 1 amide bonds. The van der Waals surface area contributed by atoms with Gasteiger partial charge in [0.1, 0.15) is 12.2 Å². The zero-order valence-corrected chi connectivity index (χ0v) is 21.5. The number of rotatable bonds is 5. The Hall–Kier alpha value is -1.08. The van der Waals surface area contributed by atoms with E-state index < -0.39 is 19.3 Å². The fraction of sp³-hybridized carbons (Fsp3) is 0.909. The van der Waals surface area contributed by atoms with Crippen LogP contribution in [0.3, 0.4) is 0 Å². The predicted octanol–water partition coefficient (Wildman–Crippen LogP) is 5.22. The Balaban J connectivity index is 2.84. The molecule has 0 aromatic heterocycles. The Morgan fingerprint density at radius 2 is 1.52 bits per heavy atom. The Bertz CT molecular complexity index is 583. The third kappa shape index (κ3) is 7.93. The lowest BCUT2D eigenvalue weighted by Crippen LogP contribution is -2.43. The fourth-order valence-electron chi connectivity index (χ4n) is 2.77. The summed E-state index contributed by atoms with van der Waals surface area (Å²) in [5, 5.41) is 0.137. The van der Waals surface area contributed by atoms with E-state index in [1.807, 2.05) is 41.5 Å². The van der Waals surface area contributed by atoms with Crippen molar-refractivity contribution in [2.24, 2.45) is 11.3 Å². The average Bonchev–Trinajstić information content (AvgIpc) is 2.90. The van der Waals surface area contributed by atoms with Crippen LogP contribution in [-0.4, -0.2) is 56.7 Å². The fourth-order valence-corrected chi connectivity index (χ4v) is 3.85. The highest BCUT2D eigenvalue weighted by atomic mass is 28.4. The molecule has 0 aliphatic carbocycles. The van der Waals surface area contributed by atoms with E-state index >= 15 is 0 Å². The molecule has 1 rings (SSSR count). The van der Waals surface area contributed by atoms with Gasteiger partial charge >= 0.3 is 12.1 Å². The molecule has 0 N–H and O–H groups in total. The smallest absolute Gasteiger partial charge is 0.410 e. The van der Waals surface area contributed by atoms with Crippen molar-refractivity contribution >= 4 is 20.4 Å². The number of carbonyl (C=O) groups excluding carboxylic acids is 2. The lowest BCUT2D eigenvalue weighted by atomic mass is 9.97. The van der Waals surface area contributed by atoms with Crippen molar-refractivity contribution in [3.63, 3.8) is 0 Å². The summed E-state index contributed by atoms with van der Waals surface area (Å²) >= 11 is 0. The molecule has 1 unspecified atom stereocenters. The summed E-state index contributed by atoms with van der Waals surface area (Å²) in [5.41, 5.74) is -1.14. The van der Waals surface area contributed by atoms with Crippen molar-refractivity contribution in [2.75, 3.05) is 19.8 Å². The first-order chi connectivity index (χ1) is 12.8. The van der Waals surface area contributed by atoms with Crippen molar-refractivity contribution in [1.29, 1.82) is 0 Å². The molecule has 0 bridgehead atoms. The minimum atomic E-state index is -1.86. The molecule has 1 fully saturated rings. The van der Waals surface area contributed by atoms with E-state index in [9.17, 15) is 9.59 Å². The molecule has 1 heterocycles. The Kier molecular flexibility index (Phi) is 8.02. The minimum absolute atomic E-state index is 0.137. The normalized spacial score (nSPS) is 21.3. The Labute approximate surface area is 178 Å². The molecule has 7 heteroatoms. The maximum absolute atomic E-state index is 12.8. The second-order valence-corrected chi connectivity index (χ2v) is 16.6. The van der Waals surface area contributed by atoms with Crippen LogP contribution < -0.4 is 0 Å². The van der Waals surface area contributed by atoms with E-state index in [0.717, 1.165) is 6.42 Å². The maximum Gasteiger partial charge on any atom is 0.410 e. The first-order valence-corrected chi connectivity index (χ1v) is 13.5. The monoisotopic (exact) mass is 429 g/mol. The Morgan fingerprint density at radius 1 is 0.966 bits per heavy atom. The lowest BCUT2D eigenvalue weighted by Gasteiger charge is -2.37. The van der Waals surface area contributed by atoms with E-state index in [1.165, 1.54) is 0 Å². The zero-order chi connectivity index (χ0) is 22.8. The molecule has 1 saturated heterocycles.